The first kappa shape index (κ1) is 25.7. The van der Waals surface area contributed by atoms with Gasteiger partial charge >= 0.3 is 0 Å². The molecule has 7 nitrogen and oxygen atoms in total. The molecule has 0 amide bonds. The number of nitriles is 2. The number of allylic oxidation sites excluding steroid dienone is 3. The molecular weight excluding hydrogens is 524 g/mol. The molecule has 1 unspecified atom stereocenters. The van der Waals surface area contributed by atoms with Gasteiger partial charge in [-0.1, -0.05) is 18.2 Å². The van der Waals surface area contributed by atoms with Crippen LogP contribution in [0.1, 0.15) is 36.3 Å². The summed E-state index contributed by atoms with van der Waals surface area (Å²) in [7, 11) is 0. The first-order valence-electron chi connectivity index (χ1n) is 12.9. The van der Waals surface area contributed by atoms with Gasteiger partial charge in [0.2, 0.25) is 5.88 Å². The van der Waals surface area contributed by atoms with Crippen molar-refractivity contribution >= 4 is 22.4 Å². The number of aromatic nitrogens is 1. The number of pyridine rings is 1. The van der Waals surface area contributed by atoms with Crippen molar-refractivity contribution in [1.29, 1.82) is 10.5 Å². The van der Waals surface area contributed by atoms with Crippen LogP contribution in [0.15, 0.2) is 95.5 Å². The van der Waals surface area contributed by atoms with Crippen molar-refractivity contribution in [3.05, 3.63) is 118 Å². The zero-order chi connectivity index (χ0) is 28.7. The molecule has 0 saturated carbocycles. The lowest BCUT2D eigenvalue weighted by atomic mass is 9.75. The van der Waals surface area contributed by atoms with E-state index in [0.29, 0.717) is 46.5 Å². The third-order valence-electron chi connectivity index (χ3n) is 7.30. The van der Waals surface area contributed by atoms with Crippen LogP contribution in [-0.4, -0.2) is 10.8 Å². The van der Waals surface area contributed by atoms with Crippen LogP contribution in [0.3, 0.4) is 0 Å². The van der Waals surface area contributed by atoms with Crippen LogP contribution in [0, 0.1) is 34.3 Å². The summed E-state index contributed by atoms with van der Waals surface area (Å²) in [5, 5.41) is 20.3. The number of nitrogens with zero attached hydrogens (tertiary/aromatic N) is 4. The third-order valence-corrected chi connectivity index (χ3v) is 7.30. The van der Waals surface area contributed by atoms with Crippen LogP contribution in [0.25, 0.3) is 10.9 Å². The highest BCUT2D eigenvalue weighted by atomic mass is 19.2. The topological polar surface area (TPSA) is 116 Å². The Kier molecular flexibility index (Phi) is 6.41. The second-order valence-electron chi connectivity index (χ2n) is 9.73. The van der Waals surface area contributed by atoms with Gasteiger partial charge in [0.25, 0.3) is 0 Å². The molecule has 2 aliphatic rings. The molecule has 6 rings (SSSR count). The maximum atomic E-state index is 14.3. The predicted octanol–water partition coefficient (Wildman–Crippen LogP) is 6.48. The van der Waals surface area contributed by atoms with E-state index >= 15 is 0 Å². The summed E-state index contributed by atoms with van der Waals surface area (Å²) in [5.41, 5.74) is 9.29. The number of carbonyl (C=O) groups excluding carboxylic acids is 1. The van der Waals surface area contributed by atoms with E-state index in [-0.39, 0.29) is 35.2 Å². The maximum Gasteiger partial charge on any atom is 0.224 e. The molecule has 0 fully saturated rings. The molecule has 1 aromatic heterocycles. The molecule has 1 aliphatic carbocycles. The number of anilines is 1. The molecule has 9 heteroatoms. The molecule has 3 aromatic carbocycles. The van der Waals surface area contributed by atoms with Gasteiger partial charge in [0, 0.05) is 34.7 Å². The number of fused-ring (bicyclic) bond motifs is 1. The number of carbonyl (C=O) groups is 1. The number of ether oxygens (including phenoxy) is 1. The number of rotatable bonds is 4. The Bertz CT molecular complexity index is 1880. The van der Waals surface area contributed by atoms with Crippen molar-refractivity contribution in [1.82, 2.24) is 4.98 Å². The largest absolute Gasteiger partial charge is 0.439 e. The Morgan fingerprint density at radius 2 is 1.73 bits per heavy atom. The number of hydrogen-bond donors (Lipinski definition) is 1. The Morgan fingerprint density at radius 1 is 0.951 bits per heavy atom. The van der Waals surface area contributed by atoms with Crippen molar-refractivity contribution in [3.63, 3.8) is 0 Å². The van der Waals surface area contributed by atoms with Crippen molar-refractivity contribution in [3.8, 4) is 23.8 Å². The quantitative estimate of drug-likeness (QED) is 0.312. The van der Waals surface area contributed by atoms with Gasteiger partial charge < -0.3 is 10.5 Å². The number of para-hydroxylation sites is 1. The van der Waals surface area contributed by atoms with Gasteiger partial charge in [0.1, 0.15) is 11.6 Å². The smallest absolute Gasteiger partial charge is 0.224 e. The molecular formula is C32H21F2N5O2. The lowest BCUT2D eigenvalue weighted by Gasteiger charge is -2.39. The number of benzene rings is 3. The van der Waals surface area contributed by atoms with E-state index in [1.54, 1.807) is 24.3 Å². The van der Waals surface area contributed by atoms with Crippen molar-refractivity contribution in [2.45, 2.75) is 25.2 Å². The molecule has 2 N–H and O–H groups in total. The van der Waals surface area contributed by atoms with E-state index in [4.69, 9.17) is 20.7 Å². The minimum Gasteiger partial charge on any atom is -0.439 e. The molecule has 2 heterocycles. The molecule has 4 aromatic rings. The fourth-order valence-electron chi connectivity index (χ4n) is 5.43. The van der Waals surface area contributed by atoms with E-state index in [9.17, 15) is 18.8 Å². The Morgan fingerprint density at radius 3 is 2.46 bits per heavy atom. The summed E-state index contributed by atoms with van der Waals surface area (Å²) >= 11 is 0. The minimum atomic E-state index is -1.07. The highest BCUT2D eigenvalue weighted by Gasteiger charge is 2.42. The van der Waals surface area contributed by atoms with Gasteiger partial charge in [-0.15, -0.1) is 0 Å². The zero-order valence-corrected chi connectivity index (χ0v) is 21.6. The van der Waals surface area contributed by atoms with Crippen LogP contribution >= 0.6 is 0 Å². The first-order chi connectivity index (χ1) is 19.9. The van der Waals surface area contributed by atoms with Crippen LogP contribution in [0.5, 0.6) is 11.6 Å². The summed E-state index contributed by atoms with van der Waals surface area (Å²) in [4.78, 5) is 19.8. The molecule has 1 aliphatic heterocycles. The van der Waals surface area contributed by atoms with Gasteiger partial charge in [-0.05, 0) is 61.4 Å². The number of halogens is 2. The van der Waals surface area contributed by atoms with E-state index in [1.165, 1.54) is 11.0 Å². The molecule has 200 valence electrons. The second-order valence-corrected chi connectivity index (χ2v) is 9.73. The molecule has 0 spiro atoms. The fourth-order valence-corrected chi connectivity index (χ4v) is 5.43. The van der Waals surface area contributed by atoms with Gasteiger partial charge in [0.15, 0.2) is 17.4 Å². The monoisotopic (exact) mass is 545 g/mol. The number of ketones is 1. The van der Waals surface area contributed by atoms with Crippen molar-refractivity contribution in [2.24, 2.45) is 5.73 Å². The first-order valence-corrected chi connectivity index (χ1v) is 12.9. The average molecular weight is 546 g/mol. The molecule has 0 bridgehead atoms. The van der Waals surface area contributed by atoms with Gasteiger partial charge in [0.05, 0.1) is 40.4 Å². The fraction of sp³-hybridized carbons (Fsp3) is 0.125. The predicted molar refractivity (Wildman–Crippen MR) is 147 cm³/mol. The average Bonchev–Trinajstić information content (AvgIpc) is 2.98. The summed E-state index contributed by atoms with van der Waals surface area (Å²) < 4.78 is 34.3. The van der Waals surface area contributed by atoms with E-state index < -0.39 is 17.6 Å². The second kappa shape index (κ2) is 10.2. The lowest BCUT2D eigenvalue weighted by molar-refractivity contribution is -0.116. The highest BCUT2D eigenvalue weighted by Crippen LogP contribution is 2.49. The highest BCUT2D eigenvalue weighted by molar-refractivity contribution is 6.01. The summed E-state index contributed by atoms with van der Waals surface area (Å²) in [6, 6.07) is 23.3. The summed E-state index contributed by atoms with van der Waals surface area (Å²) in [6.45, 7) is 0. The third kappa shape index (κ3) is 4.44. The summed E-state index contributed by atoms with van der Waals surface area (Å²) in [5.74, 6) is -2.59. The number of hydrogen-bond acceptors (Lipinski definition) is 7. The van der Waals surface area contributed by atoms with E-state index in [2.05, 4.69) is 12.1 Å². The summed E-state index contributed by atoms with van der Waals surface area (Å²) in [6.07, 6.45) is 1.22. The normalized spacial score (nSPS) is 16.8. The van der Waals surface area contributed by atoms with Crippen LogP contribution in [0.4, 0.5) is 14.5 Å². The van der Waals surface area contributed by atoms with E-state index in [0.717, 1.165) is 17.5 Å². The molecule has 0 saturated heterocycles. The van der Waals surface area contributed by atoms with Gasteiger partial charge in [-0.25, -0.2) is 13.8 Å². The molecule has 1 atom stereocenters. The van der Waals surface area contributed by atoms with Crippen LogP contribution in [0.2, 0.25) is 0 Å². The standard InChI is InChI=1S/C32H21F2N5O2/c33-24-13-10-20(15-25(24)34)39-27-6-3-7-28(40)30(27)29(23(17-36)31(39)37)22-14-19-4-1-2-5-26(19)38-32(22)41-21-11-8-18(16-35)9-12-21/h1-2,4-5,8-15,29H,3,6-7,37H2. The van der Waals surface area contributed by atoms with E-state index in [1.807, 2.05) is 30.3 Å². The minimum absolute atomic E-state index is 0.00874. The Labute approximate surface area is 234 Å². The number of nitrogens with two attached hydrogens (primary N) is 1. The van der Waals surface area contributed by atoms with Gasteiger partial charge in [-0.2, -0.15) is 10.5 Å². The molecule has 0 radical (unpaired) electrons. The van der Waals surface area contributed by atoms with Crippen molar-refractivity contribution in [2.75, 3.05) is 4.90 Å². The van der Waals surface area contributed by atoms with Gasteiger partial charge in [-0.3, -0.25) is 9.69 Å². The molecule has 41 heavy (non-hydrogen) atoms. The number of Topliss-reactive ketones (excluding diaryl/α,β-unsaturated/α-hetero) is 1. The van der Waals surface area contributed by atoms with Crippen LogP contribution in [-0.2, 0) is 4.79 Å². The lowest BCUT2D eigenvalue weighted by Crippen LogP contribution is -2.39. The Hall–Kier alpha value is -5.54. The maximum absolute atomic E-state index is 14.3. The van der Waals surface area contributed by atoms with Crippen LogP contribution < -0.4 is 15.4 Å². The Balaban J connectivity index is 1.59. The SMILES string of the molecule is N#CC1=C(N)N(c2ccc(F)c(F)c2)C2=C(C(=O)CCC2)C1c1cc2ccccc2nc1Oc1ccc(C#N)cc1. The zero-order valence-electron chi connectivity index (χ0n) is 21.6. The van der Waals surface area contributed by atoms with Crippen molar-refractivity contribution < 1.29 is 18.3 Å².